The summed E-state index contributed by atoms with van der Waals surface area (Å²) in [6.45, 7) is 3.84. The third kappa shape index (κ3) is 1.14. The Morgan fingerprint density at radius 2 is 2.19 bits per heavy atom. The van der Waals surface area contributed by atoms with Gasteiger partial charge in [0.15, 0.2) is 0 Å². The van der Waals surface area contributed by atoms with Crippen LogP contribution in [0, 0.1) is 0 Å². The maximum atomic E-state index is 12.3. The monoisotopic (exact) mass is 215 g/mol. The van der Waals surface area contributed by atoms with Crippen LogP contribution in [0.3, 0.4) is 0 Å². The number of fused-ring (bicyclic) bond motifs is 3. The maximum Gasteiger partial charge on any atom is 0.345 e. The molecule has 0 N–H and O–H groups in total. The molecule has 1 aliphatic rings. The van der Waals surface area contributed by atoms with Crippen molar-refractivity contribution in [1.29, 1.82) is 0 Å². The molecule has 0 radical (unpaired) electrons. The van der Waals surface area contributed by atoms with E-state index in [1.165, 1.54) is 5.82 Å². The minimum Gasteiger partial charge on any atom is -0.241 e. The Kier molecular flexibility index (Phi) is 2.06. The summed E-state index contributed by atoms with van der Waals surface area (Å²) >= 11 is 0. The molecular formula is C13H15N2O+. The molecule has 2 heterocycles. The Bertz CT molecular complexity index is 613. The second-order valence-electron chi connectivity index (χ2n) is 4.24. The molecule has 0 spiro atoms. The molecule has 0 aliphatic carbocycles. The number of hydrogen-bond acceptors (Lipinski definition) is 1. The molecule has 0 atom stereocenters. The van der Waals surface area contributed by atoms with Crippen LogP contribution in [-0.2, 0) is 19.5 Å². The lowest BCUT2D eigenvalue weighted by Crippen LogP contribution is -2.42. The van der Waals surface area contributed by atoms with Crippen molar-refractivity contribution in [3.05, 3.63) is 40.4 Å². The summed E-state index contributed by atoms with van der Waals surface area (Å²) in [7, 11) is 0. The van der Waals surface area contributed by atoms with E-state index in [0.29, 0.717) is 0 Å². The molecule has 16 heavy (non-hydrogen) atoms. The molecule has 82 valence electrons. The minimum absolute atomic E-state index is 0.159. The molecular weight excluding hydrogens is 200 g/mol. The third-order valence-electron chi connectivity index (χ3n) is 3.39. The van der Waals surface area contributed by atoms with Crippen LogP contribution < -0.4 is 10.1 Å². The highest BCUT2D eigenvalue weighted by molar-refractivity contribution is 5.74. The zero-order valence-electron chi connectivity index (χ0n) is 9.44. The van der Waals surface area contributed by atoms with Crippen LogP contribution in [0.2, 0.25) is 0 Å². The van der Waals surface area contributed by atoms with Crippen LogP contribution in [0.5, 0.6) is 0 Å². The van der Waals surface area contributed by atoms with Gasteiger partial charge < -0.3 is 0 Å². The van der Waals surface area contributed by atoms with Gasteiger partial charge in [0.1, 0.15) is 10.9 Å². The van der Waals surface area contributed by atoms with E-state index >= 15 is 0 Å². The van der Waals surface area contributed by atoms with E-state index in [-0.39, 0.29) is 5.56 Å². The van der Waals surface area contributed by atoms with Crippen molar-refractivity contribution >= 4 is 10.9 Å². The molecule has 3 rings (SSSR count). The van der Waals surface area contributed by atoms with Crippen LogP contribution in [0.15, 0.2) is 29.1 Å². The summed E-state index contributed by atoms with van der Waals surface area (Å²) in [4.78, 5) is 12.3. The molecule has 1 aliphatic heterocycles. The van der Waals surface area contributed by atoms with Gasteiger partial charge in [-0.3, -0.25) is 0 Å². The van der Waals surface area contributed by atoms with Crippen LogP contribution in [0.1, 0.15) is 19.2 Å². The number of aryl methyl sites for hydroxylation is 1. The van der Waals surface area contributed by atoms with Gasteiger partial charge in [0, 0.05) is 0 Å². The first kappa shape index (κ1) is 9.58. The van der Waals surface area contributed by atoms with E-state index in [1.54, 1.807) is 0 Å². The van der Waals surface area contributed by atoms with Gasteiger partial charge in [0.05, 0.1) is 19.5 Å². The number of aromatic nitrogens is 2. The standard InChI is InChI=1S/C13H15N2O/c1-2-14-12-8-5-9-15(12)11-7-4-3-6-10(11)13(14)16/h3-4,6-7H,2,5,8-9H2,1H3/q+1. The predicted octanol–water partition coefficient (Wildman–Crippen LogP) is 1.26. The first-order valence-corrected chi connectivity index (χ1v) is 5.87. The van der Waals surface area contributed by atoms with Crippen molar-refractivity contribution in [2.24, 2.45) is 0 Å². The Morgan fingerprint density at radius 1 is 1.38 bits per heavy atom. The molecule has 0 saturated heterocycles. The van der Waals surface area contributed by atoms with E-state index in [9.17, 15) is 4.79 Å². The van der Waals surface area contributed by atoms with E-state index in [0.717, 1.165) is 36.8 Å². The smallest absolute Gasteiger partial charge is 0.241 e. The summed E-state index contributed by atoms with van der Waals surface area (Å²) < 4.78 is 4.20. The molecule has 0 saturated carbocycles. The van der Waals surface area contributed by atoms with Crippen molar-refractivity contribution in [3.8, 4) is 0 Å². The van der Waals surface area contributed by atoms with E-state index < -0.39 is 0 Å². The van der Waals surface area contributed by atoms with Crippen molar-refractivity contribution in [2.45, 2.75) is 32.9 Å². The zero-order valence-corrected chi connectivity index (χ0v) is 9.44. The highest BCUT2D eigenvalue weighted by atomic mass is 16.1. The summed E-state index contributed by atoms with van der Waals surface area (Å²) in [5, 5.41) is 0.843. The molecule has 0 fully saturated rings. The minimum atomic E-state index is 0.159. The van der Waals surface area contributed by atoms with Crippen LogP contribution in [-0.4, -0.2) is 4.57 Å². The SMILES string of the molecule is CCn1c2[n+](c3ccccc3c1=O)CCC2. The van der Waals surface area contributed by atoms with Gasteiger partial charge in [-0.25, -0.2) is 9.36 Å². The van der Waals surface area contributed by atoms with E-state index in [1.807, 2.05) is 35.8 Å². The average Bonchev–Trinajstić information content (AvgIpc) is 2.79. The Hall–Kier alpha value is -1.64. The number of para-hydroxylation sites is 1. The van der Waals surface area contributed by atoms with E-state index in [2.05, 4.69) is 4.57 Å². The van der Waals surface area contributed by atoms with Gasteiger partial charge in [-0.15, -0.1) is 0 Å². The maximum absolute atomic E-state index is 12.3. The van der Waals surface area contributed by atoms with Crippen molar-refractivity contribution in [1.82, 2.24) is 4.57 Å². The highest BCUT2D eigenvalue weighted by Gasteiger charge is 2.26. The average molecular weight is 215 g/mol. The second-order valence-corrected chi connectivity index (χ2v) is 4.24. The summed E-state index contributed by atoms with van der Waals surface area (Å²) in [6, 6.07) is 7.91. The normalized spacial score (nSPS) is 14.3. The predicted molar refractivity (Wildman–Crippen MR) is 62.4 cm³/mol. The van der Waals surface area contributed by atoms with E-state index in [4.69, 9.17) is 0 Å². The van der Waals surface area contributed by atoms with Gasteiger partial charge in [0.25, 0.3) is 5.82 Å². The fraction of sp³-hybridized carbons (Fsp3) is 0.385. The molecule has 3 heteroatoms. The summed E-state index contributed by atoms with van der Waals surface area (Å²) in [6.07, 6.45) is 2.17. The first-order chi connectivity index (χ1) is 7.83. The number of rotatable bonds is 1. The highest BCUT2D eigenvalue weighted by Crippen LogP contribution is 2.12. The summed E-state index contributed by atoms with van der Waals surface area (Å²) in [5.41, 5.74) is 1.25. The fourth-order valence-corrected chi connectivity index (χ4v) is 2.68. The summed E-state index contributed by atoms with van der Waals surface area (Å²) in [5.74, 6) is 1.19. The molecule has 3 nitrogen and oxygen atoms in total. The number of hydrogen-bond donors (Lipinski definition) is 0. The Labute approximate surface area is 94.0 Å². The molecule has 1 aromatic carbocycles. The molecule has 2 aromatic rings. The quantitative estimate of drug-likeness (QED) is 0.657. The first-order valence-electron chi connectivity index (χ1n) is 5.87. The fourth-order valence-electron chi connectivity index (χ4n) is 2.68. The Morgan fingerprint density at radius 3 is 3.00 bits per heavy atom. The second kappa shape index (κ2) is 3.44. The van der Waals surface area contributed by atoms with Gasteiger partial charge >= 0.3 is 5.56 Å². The van der Waals surface area contributed by atoms with Crippen molar-refractivity contribution < 1.29 is 4.57 Å². The van der Waals surface area contributed by atoms with Crippen LogP contribution in [0.25, 0.3) is 10.9 Å². The van der Waals surface area contributed by atoms with Crippen molar-refractivity contribution in [2.75, 3.05) is 0 Å². The van der Waals surface area contributed by atoms with Gasteiger partial charge in [-0.1, -0.05) is 12.1 Å². The largest absolute Gasteiger partial charge is 0.345 e. The Balaban J connectivity index is 2.52. The lowest BCUT2D eigenvalue weighted by Gasteiger charge is -2.06. The number of benzene rings is 1. The lowest BCUT2D eigenvalue weighted by molar-refractivity contribution is -0.669. The molecule has 0 unspecified atom stereocenters. The topological polar surface area (TPSA) is 25.9 Å². The van der Waals surface area contributed by atoms with Gasteiger partial charge in [-0.2, -0.15) is 4.57 Å². The molecule has 0 amide bonds. The van der Waals surface area contributed by atoms with Gasteiger partial charge in [0.2, 0.25) is 0 Å². The van der Waals surface area contributed by atoms with Gasteiger partial charge in [-0.05, 0) is 25.5 Å². The number of nitrogens with zero attached hydrogens (tertiary/aromatic N) is 2. The van der Waals surface area contributed by atoms with Crippen LogP contribution >= 0.6 is 0 Å². The van der Waals surface area contributed by atoms with Crippen molar-refractivity contribution in [3.63, 3.8) is 0 Å². The third-order valence-corrected chi connectivity index (χ3v) is 3.39. The molecule has 0 bridgehead atoms. The van der Waals surface area contributed by atoms with Crippen LogP contribution in [0.4, 0.5) is 0 Å². The lowest BCUT2D eigenvalue weighted by atomic mass is 10.2. The molecule has 1 aromatic heterocycles. The zero-order chi connectivity index (χ0) is 11.1.